The second kappa shape index (κ2) is 6.64. The van der Waals surface area contributed by atoms with Gasteiger partial charge in [-0.25, -0.2) is 0 Å². The summed E-state index contributed by atoms with van der Waals surface area (Å²) in [4.78, 5) is 0. The molecule has 0 aliphatic heterocycles. The molecule has 96 valence electrons. The Bertz CT molecular complexity index is 308. The van der Waals surface area contributed by atoms with Gasteiger partial charge >= 0.3 is 6.18 Å². The topological polar surface area (TPSA) is 12.0 Å². The first-order chi connectivity index (χ1) is 7.97. The molecular weight excluding hydrogens is 227 g/mol. The fourth-order valence-corrected chi connectivity index (χ4v) is 1.59. The van der Waals surface area contributed by atoms with Gasteiger partial charge in [0, 0.05) is 12.6 Å². The zero-order valence-electron chi connectivity index (χ0n) is 9.93. The minimum absolute atomic E-state index is 0.000539. The van der Waals surface area contributed by atoms with Crippen LogP contribution in [0.2, 0.25) is 0 Å². The van der Waals surface area contributed by atoms with Gasteiger partial charge in [-0.2, -0.15) is 13.2 Å². The Morgan fingerprint density at radius 1 is 1.18 bits per heavy atom. The third-order valence-electron chi connectivity index (χ3n) is 2.61. The molecule has 1 atom stereocenters. The van der Waals surface area contributed by atoms with Crippen LogP contribution >= 0.6 is 0 Å². The second-order valence-electron chi connectivity index (χ2n) is 4.24. The van der Waals surface area contributed by atoms with Gasteiger partial charge in [0.05, 0.1) is 6.42 Å². The van der Waals surface area contributed by atoms with Gasteiger partial charge in [0.1, 0.15) is 0 Å². The van der Waals surface area contributed by atoms with E-state index in [2.05, 4.69) is 5.32 Å². The van der Waals surface area contributed by atoms with E-state index in [0.29, 0.717) is 0 Å². The van der Waals surface area contributed by atoms with E-state index in [1.165, 1.54) is 5.56 Å². The Hall–Kier alpha value is -1.03. The number of halogens is 3. The first-order valence-corrected chi connectivity index (χ1v) is 5.81. The van der Waals surface area contributed by atoms with Crippen molar-refractivity contribution in [2.45, 2.75) is 38.4 Å². The molecule has 1 N–H and O–H groups in total. The number of hydrogen-bond donors (Lipinski definition) is 1. The van der Waals surface area contributed by atoms with Crippen LogP contribution in [0.4, 0.5) is 13.2 Å². The predicted octanol–water partition coefficient (Wildman–Crippen LogP) is 3.55. The summed E-state index contributed by atoms with van der Waals surface area (Å²) in [7, 11) is 0. The molecule has 1 aromatic carbocycles. The van der Waals surface area contributed by atoms with Crippen LogP contribution in [-0.2, 0) is 6.42 Å². The van der Waals surface area contributed by atoms with Crippen LogP contribution in [0.1, 0.15) is 25.3 Å². The largest absolute Gasteiger partial charge is 0.390 e. The van der Waals surface area contributed by atoms with Crippen LogP contribution in [-0.4, -0.2) is 18.8 Å². The van der Waals surface area contributed by atoms with Crippen LogP contribution in [0.3, 0.4) is 0 Å². The van der Waals surface area contributed by atoms with Crippen molar-refractivity contribution in [2.24, 2.45) is 0 Å². The Balaban J connectivity index is 2.15. The summed E-state index contributed by atoms with van der Waals surface area (Å²) in [5, 5.41) is 2.89. The average molecular weight is 245 g/mol. The van der Waals surface area contributed by atoms with E-state index in [9.17, 15) is 13.2 Å². The van der Waals surface area contributed by atoms with Crippen molar-refractivity contribution in [3.05, 3.63) is 35.9 Å². The first-order valence-electron chi connectivity index (χ1n) is 5.81. The Labute approximate surface area is 100 Å². The fraction of sp³-hybridized carbons (Fsp3) is 0.538. The van der Waals surface area contributed by atoms with Gasteiger partial charge in [-0.1, -0.05) is 30.3 Å². The third-order valence-corrected chi connectivity index (χ3v) is 2.61. The minimum atomic E-state index is -4.06. The van der Waals surface area contributed by atoms with E-state index in [1.807, 2.05) is 37.3 Å². The predicted molar refractivity (Wildman–Crippen MR) is 62.9 cm³/mol. The van der Waals surface area contributed by atoms with Crippen LogP contribution < -0.4 is 5.32 Å². The highest BCUT2D eigenvalue weighted by Gasteiger charge is 2.26. The molecule has 0 saturated heterocycles. The van der Waals surface area contributed by atoms with Gasteiger partial charge in [0.15, 0.2) is 0 Å². The average Bonchev–Trinajstić information content (AvgIpc) is 2.26. The molecule has 0 heterocycles. The maximum absolute atomic E-state index is 11.9. The van der Waals surface area contributed by atoms with E-state index in [-0.39, 0.29) is 12.6 Å². The molecule has 1 unspecified atom stereocenters. The van der Waals surface area contributed by atoms with Crippen molar-refractivity contribution in [1.82, 2.24) is 5.32 Å². The highest BCUT2D eigenvalue weighted by Crippen LogP contribution is 2.18. The molecule has 17 heavy (non-hydrogen) atoms. The van der Waals surface area contributed by atoms with Crippen LogP contribution in [0.25, 0.3) is 0 Å². The maximum Gasteiger partial charge on any atom is 0.390 e. The highest BCUT2D eigenvalue weighted by molar-refractivity contribution is 5.14. The van der Waals surface area contributed by atoms with E-state index >= 15 is 0 Å². The van der Waals surface area contributed by atoms with Gasteiger partial charge < -0.3 is 5.32 Å². The molecule has 1 nitrogen and oxygen atoms in total. The summed E-state index contributed by atoms with van der Waals surface area (Å²) in [5.41, 5.74) is 1.22. The number of nitrogens with one attached hydrogen (secondary N) is 1. The van der Waals surface area contributed by atoms with Gasteiger partial charge in [0.25, 0.3) is 0 Å². The maximum atomic E-state index is 11.9. The molecule has 0 amide bonds. The van der Waals surface area contributed by atoms with Crippen LogP contribution in [0.5, 0.6) is 0 Å². The molecule has 1 aromatic rings. The van der Waals surface area contributed by atoms with Crippen molar-refractivity contribution in [1.29, 1.82) is 0 Å². The number of alkyl halides is 3. The van der Waals surface area contributed by atoms with Crippen molar-refractivity contribution in [3.63, 3.8) is 0 Å². The van der Waals surface area contributed by atoms with Gasteiger partial charge in [-0.15, -0.1) is 0 Å². The lowest BCUT2D eigenvalue weighted by atomic mass is 10.1. The van der Waals surface area contributed by atoms with E-state index in [4.69, 9.17) is 0 Å². The zero-order valence-corrected chi connectivity index (χ0v) is 9.93. The molecule has 0 radical (unpaired) electrons. The summed E-state index contributed by atoms with van der Waals surface area (Å²) in [6.45, 7) is 1.92. The lowest BCUT2D eigenvalue weighted by Crippen LogP contribution is -2.30. The number of benzene rings is 1. The summed E-state index contributed by atoms with van der Waals surface area (Å²) in [6, 6.07) is 10.1. The van der Waals surface area contributed by atoms with Crippen molar-refractivity contribution >= 4 is 0 Å². The Kier molecular flexibility index (Phi) is 5.48. The molecule has 0 aromatic heterocycles. The molecule has 0 saturated carbocycles. The highest BCUT2D eigenvalue weighted by atomic mass is 19.4. The molecular formula is C13H18F3N. The van der Waals surface area contributed by atoms with Crippen molar-refractivity contribution in [3.8, 4) is 0 Å². The van der Waals surface area contributed by atoms with E-state index < -0.39 is 12.6 Å². The fourth-order valence-electron chi connectivity index (χ4n) is 1.59. The van der Waals surface area contributed by atoms with E-state index in [1.54, 1.807) is 0 Å². The smallest absolute Gasteiger partial charge is 0.314 e. The molecule has 0 spiro atoms. The lowest BCUT2D eigenvalue weighted by Gasteiger charge is -2.14. The minimum Gasteiger partial charge on any atom is -0.314 e. The molecule has 1 rings (SSSR count). The summed E-state index contributed by atoms with van der Waals surface area (Å²) < 4.78 is 35.8. The van der Waals surface area contributed by atoms with Crippen molar-refractivity contribution in [2.75, 3.05) is 6.54 Å². The molecule has 0 aliphatic carbocycles. The molecule has 0 fully saturated rings. The number of aryl methyl sites for hydroxylation is 1. The number of hydrogen-bond acceptors (Lipinski definition) is 1. The Morgan fingerprint density at radius 3 is 2.41 bits per heavy atom. The van der Waals surface area contributed by atoms with Gasteiger partial charge in [-0.3, -0.25) is 0 Å². The quantitative estimate of drug-likeness (QED) is 0.808. The molecule has 0 bridgehead atoms. The summed E-state index contributed by atoms with van der Waals surface area (Å²) >= 11 is 0. The van der Waals surface area contributed by atoms with Crippen LogP contribution in [0.15, 0.2) is 30.3 Å². The molecule has 0 aliphatic rings. The summed E-state index contributed by atoms with van der Waals surface area (Å²) in [5.74, 6) is 0. The lowest BCUT2D eigenvalue weighted by molar-refractivity contribution is -0.133. The normalized spacial score (nSPS) is 13.6. The standard InChI is InChI=1S/C13H18F3N/c1-11(17-10-9-13(14,15)16)7-8-12-5-3-2-4-6-12/h2-6,11,17H,7-10H2,1H3. The summed E-state index contributed by atoms with van der Waals surface area (Å²) in [6.07, 6.45) is -3.09. The number of rotatable bonds is 6. The first kappa shape index (κ1) is 14.0. The van der Waals surface area contributed by atoms with Gasteiger partial charge in [0.2, 0.25) is 0 Å². The monoisotopic (exact) mass is 245 g/mol. The third kappa shape index (κ3) is 7.00. The second-order valence-corrected chi connectivity index (χ2v) is 4.24. The van der Waals surface area contributed by atoms with Crippen LogP contribution in [0, 0.1) is 0 Å². The van der Waals surface area contributed by atoms with Crippen molar-refractivity contribution < 1.29 is 13.2 Å². The van der Waals surface area contributed by atoms with Gasteiger partial charge in [-0.05, 0) is 25.3 Å². The van der Waals surface area contributed by atoms with E-state index in [0.717, 1.165) is 12.8 Å². The zero-order chi connectivity index (χ0) is 12.7. The SMILES string of the molecule is CC(CCc1ccccc1)NCCC(F)(F)F. The Morgan fingerprint density at radius 2 is 1.82 bits per heavy atom. The molecule has 4 heteroatoms.